The predicted molar refractivity (Wildman–Crippen MR) is 58.2 cm³/mol. The highest BCUT2D eigenvalue weighted by atomic mass is 19.1. The highest BCUT2D eigenvalue weighted by Crippen LogP contribution is 2.44. The average Bonchev–Trinajstić information content (AvgIpc) is 2.75. The molecule has 1 aliphatic rings. The van der Waals surface area contributed by atoms with E-state index in [9.17, 15) is 9.18 Å². The van der Waals surface area contributed by atoms with Crippen molar-refractivity contribution in [3.8, 4) is 0 Å². The lowest BCUT2D eigenvalue weighted by Gasteiger charge is -2.30. The molecule has 1 heterocycles. The van der Waals surface area contributed by atoms with Crippen LogP contribution in [0.1, 0.15) is 25.3 Å². The molecule has 2 unspecified atom stereocenters. The van der Waals surface area contributed by atoms with Gasteiger partial charge in [0.05, 0.1) is 0 Å². The standard InChI is InChI=1S/C13H13FO2/c1-10(14)13(8-7-12(9-15)16-13)11-5-3-2-4-6-11/h2-6,10H,7-8H2,1H3. The molecule has 2 nitrogen and oxygen atoms in total. The van der Waals surface area contributed by atoms with E-state index in [0.717, 1.165) is 5.56 Å². The van der Waals surface area contributed by atoms with Gasteiger partial charge in [-0.25, -0.2) is 9.18 Å². The van der Waals surface area contributed by atoms with Crippen LogP contribution in [-0.4, -0.2) is 12.1 Å². The lowest BCUT2D eigenvalue weighted by Crippen LogP contribution is -2.34. The molecule has 0 amide bonds. The molecule has 1 saturated heterocycles. The molecule has 3 heteroatoms. The summed E-state index contributed by atoms with van der Waals surface area (Å²) in [6.07, 6.45) is -0.230. The molecule has 1 aliphatic heterocycles. The number of benzene rings is 1. The maximum absolute atomic E-state index is 13.8. The van der Waals surface area contributed by atoms with E-state index in [1.54, 1.807) is 5.94 Å². The Morgan fingerprint density at radius 2 is 2.12 bits per heavy atom. The van der Waals surface area contributed by atoms with E-state index < -0.39 is 11.8 Å². The zero-order valence-corrected chi connectivity index (χ0v) is 9.07. The van der Waals surface area contributed by atoms with Gasteiger partial charge in [0.15, 0.2) is 17.3 Å². The van der Waals surface area contributed by atoms with Crippen molar-refractivity contribution in [2.75, 3.05) is 0 Å². The van der Waals surface area contributed by atoms with Gasteiger partial charge in [0.2, 0.25) is 0 Å². The van der Waals surface area contributed by atoms with Gasteiger partial charge in [0.25, 0.3) is 0 Å². The van der Waals surface area contributed by atoms with Crippen molar-refractivity contribution in [2.24, 2.45) is 0 Å². The number of carbonyl (C=O) groups excluding carboxylic acids is 1. The van der Waals surface area contributed by atoms with Crippen LogP contribution in [0.4, 0.5) is 4.39 Å². The Morgan fingerprint density at radius 1 is 1.44 bits per heavy atom. The highest BCUT2D eigenvalue weighted by molar-refractivity contribution is 5.51. The molecule has 2 atom stereocenters. The van der Waals surface area contributed by atoms with Gasteiger partial charge in [-0.05, 0) is 12.5 Å². The first-order valence-electron chi connectivity index (χ1n) is 5.31. The molecule has 0 bridgehead atoms. The van der Waals surface area contributed by atoms with E-state index in [1.165, 1.54) is 6.92 Å². The van der Waals surface area contributed by atoms with Gasteiger partial charge < -0.3 is 4.74 Å². The summed E-state index contributed by atoms with van der Waals surface area (Å²) < 4.78 is 19.3. The van der Waals surface area contributed by atoms with Crippen molar-refractivity contribution in [3.63, 3.8) is 0 Å². The van der Waals surface area contributed by atoms with Gasteiger partial charge in [0.1, 0.15) is 6.17 Å². The highest BCUT2D eigenvalue weighted by Gasteiger charge is 2.45. The van der Waals surface area contributed by atoms with Gasteiger partial charge >= 0.3 is 0 Å². The van der Waals surface area contributed by atoms with Crippen molar-refractivity contribution < 1.29 is 13.9 Å². The summed E-state index contributed by atoms with van der Waals surface area (Å²) in [5.74, 6) is 1.94. The molecule has 84 valence electrons. The van der Waals surface area contributed by atoms with E-state index >= 15 is 0 Å². The molecular weight excluding hydrogens is 207 g/mol. The minimum absolute atomic E-state index is 0.216. The molecule has 0 spiro atoms. The number of hydrogen-bond donors (Lipinski definition) is 0. The Hall–Kier alpha value is -1.60. The Morgan fingerprint density at radius 3 is 2.62 bits per heavy atom. The van der Waals surface area contributed by atoms with Gasteiger partial charge in [-0.15, -0.1) is 0 Å². The van der Waals surface area contributed by atoms with Gasteiger partial charge in [-0.2, -0.15) is 0 Å². The summed E-state index contributed by atoms with van der Waals surface area (Å²) in [5, 5.41) is 0. The van der Waals surface area contributed by atoms with Crippen LogP contribution in [0.3, 0.4) is 0 Å². The van der Waals surface area contributed by atoms with Crippen LogP contribution in [0.5, 0.6) is 0 Å². The second-order valence-corrected chi connectivity index (χ2v) is 4.00. The third-order valence-electron chi connectivity index (χ3n) is 3.05. The molecule has 0 aliphatic carbocycles. The number of alkyl halides is 1. The molecule has 0 saturated carbocycles. The quantitative estimate of drug-likeness (QED) is 0.716. The second-order valence-electron chi connectivity index (χ2n) is 4.00. The topological polar surface area (TPSA) is 26.3 Å². The summed E-state index contributed by atoms with van der Waals surface area (Å²) in [4.78, 5) is 10.5. The first-order valence-corrected chi connectivity index (χ1v) is 5.31. The number of ether oxygens (including phenoxy) is 1. The molecular formula is C13H13FO2. The van der Waals surface area contributed by atoms with Crippen molar-refractivity contribution in [2.45, 2.75) is 31.5 Å². The van der Waals surface area contributed by atoms with E-state index in [0.29, 0.717) is 12.8 Å². The normalized spacial score (nSPS) is 26.0. The number of allylic oxidation sites excluding steroid dienone is 1. The molecule has 0 radical (unpaired) electrons. The van der Waals surface area contributed by atoms with Crippen LogP contribution in [-0.2, 0) is 15.1 Å². The van der Waals surface area contributed by atoms with E-state index in [1.807, 2.05) is 30.3 Å². The molecule has 0 aromatic heterocycles. The van der Waals surface area contributed by atoms with Gasteiger partial charge in [0, 0.05) is 12.8 Å². The maximum Gasteiger partial charge on any atom is 0.181 e. The fourth-order valence-corrected chi connectivity index (χ4v) is 2.13. The largest absolute Gasteiger partial charge is 0.472 e. The molecule has 1 fully saturated rings. The zero-order valence-electron chi connectivity index (χ0n) is 9.07. The van der Waals surface area contributed by atoms with Gasteiger partial charge in [-0.3, -0.25) is 0 Å². The summed E-state index contributed by atoms with van der Waals surface area (Å²) in [7, 11) is 0. The van der Waals surface area contributed by atoms with Crippen LogP contribution in [0.25, 0.3) is 0 Å². The summed E-state index contributed by atoms with van der Waals surface area (Å²) in [6.45, 7) is 1.46. The van der Waals surface area contributed by atoms with E-state index in [2.05, 4.69) is 0 Å². The lowest BCUT2D eigenvalue weighted by atomic mass is 9.87. The second kappa shape index (κ2) is 4.11. The zero-order chi connectivity index (χ0) is 11.6. The third-order valence-corrected chi connectivity index (χ3v) is 3.05. The number of halogens is 1. The minimum atomic E-state index is -1.17. The maximum atomic E-state index is 13.8. The summed E-state index contributed by atoms with van der Waals surface area (Å²) in [5.41, 5.74) is -0.233. The van der Waals surface area contributed by atoms with E-state index in [-0.39, 0.29) is 5.76 Å². The first-order chi connectivity index (χ1) is 7.69. The molecule has 1 aromatic rings. The minimum Gasteiger partial charge on any atom is -0.472 e. The lowest BCUT2D eigenvalue weighted by molar-refractivity contribution is -0.0284. The Kier molecular flexibility index (Phi) is 2.80. The van der Waals surface area contributed by atoms with E-state index in [4.69, 9.17) is 4.74 Å². The van der Waals surface area contributed by atoms with Crippen molar-refractivity contribution in [1.82, 2.24) is 0 Å². The first kappa shape index (κ1) is 10.9. The molecule has 0 N–H and O–H groups in total. The van der Waals surface area contributed by atoms with Crippen LogP contribution >= 0.6 is 0 Å². The molecule has 2 rings (SSSR count). The van der Waals surface area contributed by atoms with Crippen LogP contribution in [0, 0.1) is 0 Å². The van der Waals surface area contributed by atoms with Gasteiger partial charge in [-0.1, -0.05) is 30.3 Å². The average molecular weight is 220 g/mol. The number of hydrogen-bond acceptors (Lipinski definition) is 2. The third kappa shape index (κ3) is 1.63. The summed E-state index contributed by atoms with van der Waals surface area (Å²) in [6, 6.07) is 9.19. The fraction of sp³-hybridized carbons (Fsp3) is 0.385. The monoisotopic (exact) mass is 220 g/mol. The van der Waals surface area contributed by atoms with Crippen molar-refractivity contribution in [3.05, 3.63) is 41.7 Å². The summed E-state index contributed by atoms with van der Waals surface area (Å²) >= 11 is 0. The SMILES string of the molecule is CC(F)C1(c2ccccc2)CCC(=C=O)O1. The Bertz CT molecular complexity index is 421. The predicted octanol–water partition coefficient (Wildman–Crippen LogP) is 2.77. The fourth-order valence-electron chi connectivity index (χ4n) is 2.13. The Balaban J connectivity index is 2.43. The van der Waals surface area contributed by atoms with Crippen molar-refractivity contribution in [1.29, 1.82) is 0 Å². The molecule has 1 aromatic carbocycles. The van der Waals surface area contributed by atoms with Crippen LogP contribution < -0.4 is 0 Å². The van der Waals surface area contributed by atoms with Crippen LogP contribution in [0.15, 0.2) is 36.1 Å². The van der Waals surface area contributed by atoms with Crippen LogP contribution in [0.2, 0.25) is 0 Å². The van der Waals surface area contributed by atoms with Crippen molar-refractivity contribution >= 4 is 5.94 Å². The smallest absolute Gasteiger partial charge is 0.181 e. The molecule has 16 heavy (non-hydrogen) atoms. The Labute approximate surface area is 93.7 Å². The number of rotatable bonds is 2.